The third-order valence-electron chi connectivity index (χ3n) is 3.22. The molecule has 19 heavy (non-hydrogen) atoms. The highest BCUT2D eigenvalue weighted by Gasteiger charge is 2.45. The van der Waals surface area contributed by atoms with Crippen LogP contribution in [0.25, 0.3) is 0 Å². The highest BCUT2D eigenvalue weighted by molar-refractivity contribution is 7.93. The minimum absolute atomic E-state index is 0.0460. The molecule has 1 rings (SSSR count). The summed E-state index contributed by atoms with van der Waals surface area (Å²) in [5.41, 5.74) is 0.925. The number of alkyl halides is 1. The SMILES string of the molecule is CCCCC1=CC=C(C(=O)OC)CC1(Cl)S(C)(=O)=O. The molecule has 1 atom stereocenters. The van der Waals surface area contributed by atoms with Gasteiger partial charge in [-0.25, -0.2) is 13.2 Å². The number of ether oxygens (including phenoxy) is 1. The van der Waals surface area contributed by atoms with E-state index in [2.05, 4.69) is 4.74 Å². The van der Waals surface area contributed by atoms with Crippen LogP contribution in [0, 0.1) is 0 Å². The Bertz CT molecular complexity index is 519. The summed E-state index contributed by atoms with van der Waals surface area (Å²) >= 11 is 6.34. The number of allylic oxidation sites excluding steroid dienone is 2. The zero-order valence-electron chi connectivity index (χ0n) is 11.4. The van der Waals surface area contributed by atoms with E-state index in [0.717, 1.165) is 19.1 Å². The predicted molar refractivity (Wildman–Crippen MR) is 75.8 cm³/mol. The van der Waals surface area contributed by atoms with Gasteiger partial charge in [-0.1, -0.05) is 37.1 Å². The molecule has 0 fully saturated rings. The number of rotatable bonds is 5. The molecule has 0 aromatic heterocycles. The fourth-order valence-electron chi connectivity index (χ4n) is 2.02. The lowest BCUT2D eigenvalue weighted by molar-refractivity contribution is -0.136. The molecule has 1 unspecified atom stereocenters. The Hall–Kier alpha value is -0.810. The first kappa shape index (κ1) is 16.2. The Balaban J connectivity index is 3.19. The van der Waals surface area contributed by atoms with Crippen molar-refractivity contribution in [1.82, 2.24) is 0 Å². The van der Waals surface area contributed by atoms with E-state index in [1.54, 1.807) is 12.2 Å². The van der Waals surface area contributed by atoms with Crippen LogP contribution in [0.2, 0.25) is 0 Å². The second kappa shape index (κ2) is 6.09. The number of carbonyl (C=O) groups is 1. The average molecular weight is 307 g/mol. The van der Waals surface area contributed by atoms with Gasteiger partial charge in [0.1, 0.15) is 0 Å². The molecular weight excluding hydrogens is 288 g/mol. The molecule has 4 nitrogen and oxygen atoms in total. The summed E-state index contributed by atoms with van der Waals surface area (Å²) in [6.45, 7) is 2.02. The Labute approximate surface area is 119 Å². The summed E-state index contributed by atoms with van der Waals surface area (Å²) in [5.74, 6) is -0.542. The summed E-state index contributed by atoms with van der Waals surface area (Å²) in [5, 5.41) is 0. The minimum Gasteiger partial charge on any atom is -0.466 e. The molecule has 0 saturated heterocycles. The van der Waals surface area contributed by atoms with Gasteiger partial charge in [-0.2, -0.15) is 0 Å². The van der Waals surface area contributed by atoms with Crippen molar-refractivity contribution in [3.8, 4) is 0 Å². The van der Waals surface area contributed by atoms with E-state index in [0.29, 0.717) is 12.0 Å². The molecule has 0 aromatic rings. The first-order chi connectivity index (χ1) is 8.76. The Kier molecular flexibility index (Phi) is 5.21. The Morgan fingerprint density at radius 1 is 1.47 bits per heavy atom. The van der Waals surface area contributed by atoms with E-state index in [-0.39, 0.29) is 12.0 Å². The fraction of sp³-hybridized carbons (Fsp3) is 0.615. The number of methoxy groups -OCH3 is 1. The van der Waals surface area contributed by atoms with Crippen LogP contribution in [0.15, 0.2) is 23.3 Å². The van der Waals surface area contributed by atoms with Crippen molar-refractivity contribution >= 4 is 27.4 Å². The van der Waals surface area contributed by atoms with Crippen LogP contribution in [0.1, 0.15) is 32.6 Å². The maximum absolute atomic E-state index is 12.0. The summed E-state index contributed by atoms with van der Waals surface area (Å²) in [4.78, 5) is 11.5. The fourth-order valence-corrected chi connectivity index (χ4v) is 3.39. The van der Waals surface area contributed by atoms with Crippen molar-refractivity contribution in [1.29, 1.82) is 0 Å². The quantitative estimate of drug-likeness (QED) is 0.578. The van der Waals surface area contributed by atoms with Crippen LogP contribution < -0.4 is 0 Å². The summed E-state index contributed by atoms with van der Waals surface area (Å²) in [6.07, 6.45) is 6.70. The molecule has 6 heteroatoms. The van der Waals surface area contributed by atoms with Gasteiger partial charge >= 0.3 is 5.97 Å². The van der Waals surface area contributed by atoms with Crippen molar-refractivity contribution < 1.29 is 17.9 Å². The van der Waals surface area contributed by atoms with Crippen LogP contribution in [0.4, 0.5) is 0 Å². The van der Waals surface area contributed by atoms with Crippen LogP contribution in [0.3, 0.4) is 0 Å². The van der Waals surface area contributed by atoms with Crippen LogP contribution in [0.5, 0.6) is 0 Å². The lowest BCUT2D eigenvalue weighted by Crippen LogP contribution is -2.37. The maximum atomic E-state index is 12.0. The number of halogens is 1. The number of hydrogen-bond donors (Lipinski definition) is 0. The Morgan fingerprint density at radius 3 is 2.58 bits per heavy atom. The summed E-state index contributed by atoms with van der Waals surface area (Å²) < 4.78 is 27.1. The lowest BCUT2D eigenvalue weighted by atomic mass is 9.93. The average Bonchev–Trinajstić information content (AvgIpc) is 2.35. The number of unbranched alkanes of at least 4 members (excludes halogenated alkanes) is 1. The van der Waals surface area contributed by atoms with E-state index in [9.17, 15) is 13.2 Å². The second-order valence-corrected chi connectivity index (χ2v) is 7.77. The third-order valence-corrected chi connectivity index (χ3v) is 6.02. The van der Waals surface area contributed by atoms with Gasteiger partial charge in [-0.3, -0.25) is 0 Å². The first-order valence-electron chi connectivity index (χ1n) is 6.13. The van der Waals surface area contributed by atoms with E-state index in [1.165, 1.54) is 7.11 Å². The van der Waals surface area contributed by atoms with Crippen molar-refractivity contribution in [2.45, 2.75) is 36.8 Å². The number of esters is 1. The minimum atomic E-state index is -3.53. The molecule has 0 N–H and O–H groups in total. The van der Waals surface area contributed by atoms with Gasteiger partial charge in [0.2, 0.25) is 0 Å². The van der Waals surface area contributed by atoms with E-state index >= 15 is 0 Å². The largest absolute Gasteiger partial charge is 0.466 e. The molecular formula is C13H19ClO4S. The summed E-state index contributed by atoms with van der Waals surface area (Å²) in [7, 11) is -2.27. The van der Waals surface area contributed by atoms with Crippen LogP contribution in [-0.2, 0) is 19.4 Å². The molecule has 1 aliphatic carbocycles. The second-order valence-electron chi connectivity index (χ2n) is 4.66. The predicted octanol–water partition coefficient (Wildman–Crippen LogP) is 2.59. The molecule has 0 bridgehead atoms. The molecule has 1 aliphatic rings. The monoisotopic (exact) mass is 306 g/mol. The van der Waals surface area contributed by atoms with Crippen molar-refractivity contribution in [3.05, 3.63) is 23.3 Å². The molecule has 0 radical (unpaired) electrons. The standard InChI is InChI=1S/C13H19ClO4S/c1-4-5-6-11-8-7-10(12(15)18-2)9-13(11,14)19(3,16)17/h7-8H,4-6,9H2,1-3H3. The molecule has 0 saturated carbocycles. The van der Waals surface area contributed by atoms with E-state index in [1.807, 2.05) is 6.92 Å². The van der Waals surface area contributed by atoms with Gasteiger partial charge < -0.3 is 4.74 Å². The highest BCUT2D eigenvalue weighted by Crippen LogP contribution is 2.42. The zero-order chi connectivity index (χ0) is 14.7. The Morgan fingerprint density at radius 2 is 2.11 bits per heavy atom. The molecule has 0 spiro atoms. The van der Waals surface area contributed by atoms with E-state index in [4.69, 9.17) is 11.6 Å². The van der Waals surface area contributed by atoms with Gasteiger partial charge in [0, 0.05) is 18.2 Å². The van der Waals surface area contributed by atoms with E-state index < -0.39 is 20.0 Å². The van der Waals surface area contributed by atoms with Crippen molar-refractivity contribution in [2.75, 3.05) is 13.4 Å². The van der Waals surface area contributed by atoms with Gasteiger partial charge in [-0.15, -0.1) is 0 Å². The number of carbonyl (C=O) groups excluding carboxylic acids is 1. The smallest absolute Gasteiger partial charge is 0.333 e. The van der Waals surface area contributed by atoms with Gasteiger partial charge in [0.05, 0.1) is 7.11 Å². The molecule has 0 aliphatic heterocycles. The normalized spacial score (nSPS) is 23.6. The van der Waals surface area contributed by atoms with Crippen LogP contribution in [-0.4, -0.2) is 32.0 Å². The van der Waals surface area contributed by atoms with Crippen LogP contribution >= 0.6 is 11.6 Å². The zero-order valence-corrected chi connectivity index (χ0v) is 13.0. The maximum Gasteiger partial charge on any atom is 0.333 e. The highest BCUT2D eigenvalue weighted by atomic mass is 35.5. The third kappa shape index (κ3) is 3.39. The van der Waals surface area contributed by atoms with Gasteiger partial charge in [0.25, 0.3) is 0 Å². The van der Waals surface area contributed by atoms with Crippen molar-refractivity contribution in [2.24, 2.45) is 0 Å². The number of hydrogen-bond acceptors (Lipinski definition) is 4. The van der Waals surface area contributed by atoms with Gasteiger partial charge in [0.15, 0.2) is 14.0 Å². The lowest BCUT2D eigenvalue weighted by Gasteiger charge is -2.31. The molecule has 108 valence electrons. The topological polar surface area (TPSA) is 60.4 Å². The molecule has 0 amide bonds. The molecule has 0 heterocycles. The summed E-state index contributed by atoms with van der Waals surface area (Å²) in [6, 6.07) is 0. The molecule has 0 aromatic carbocycles. The first-order valence-corrected chi connectivity index (χ1v) is 8.40. The number of sulfone groups is 1. The van der Waals surface area contributed by atoms with Gasteiger partial charge in [-0.05, 0) is 18.4 Å². The van der Waals surface area contributed by atoms with Crippen molar-refractivity contribution in [3.63, 3.8) is 0 Å².